The molecule has 0 radical (unpaired) electrons. The number of benzene rings is 1. The number of ether oxygens (including phenoxy) is 1. The largest absolute Gasteiger partial charge is 0.383 e. The maximum absolute atomic E-state index is 12.9. The fourth-order valence-corrected chi connectivity index (χ4v) is 2.30. The molecule has 0 spiro atoms. The van der Waals surface area contributed by atoms with Crippen LogP contribution in [0.15, 0.2) is 30.5 Å². The zero-order chi connectivity index (χ0) is 15.1. The van der Waals surface area contributed by atoms with Gasteiger partial charge in [0.05, 0.1) is 19.3 Å². The summed E-state index contributed by atoms with van der Waals surface area (Å²) in [5.41, 5.74) is 3.47. The Morgan fingerprint density at radius 3 is 2.71 bits per heavy atom. The summed E-state index contributed by atoms with van der Waals surface area (Å²) in [5.74, 6) is -0.210. The van der Waals surface area contributed by atoms with Crippen LogP contribution in [0.2, 0.25) is 0 Å². The van der Waals surface area contributed by atoms with Crippen LogP contribution in [0.4, 0.5) is 4.39 Å². The third-order valence-electron chi connectivity index (χ3n) is 3.41. The Labute approximate surface area is 124 Å². The topological polar surface area (TPSA) is 39.1 Å². The van der Waals surface area contributed by atoms with Crippen molar-refractivity contribution in [3.63, 3.8) is 0 Å². The van der Waals surface area contributed by atoms with Gasteiger partial charge in [0.1, 0.15) is 5.82 Å². The number of aromatic nitrogens is 2. The maximum atomic E-state index is 12.9. The van der Waals surface area contributed by atoms with Crippen LogP contribution >= 0.6 is 0 Å². The van der Waals surface area contributed by atoms with Crippen LogP contribution < -0.4 is 5.32 Å². The second kappa shape index (κ2) is 7.90. The molecule has 114 valence electrons. The third kappa shape index (κ3) is 4.37. The molecule has 0 atom stereocenters. The lowest BCUT2D eigenvalue weighted by Crippen LogP contribution is -2.19. The lowest BCUT2D eigenvalue weighted by Gasteiger charge is -2.09. The summed E-state index contributed by atoms with van der Waals surface area (Å²) < 4.78 is 19.9. The van der Waals surface area contributed by atoms with E-state index in [1.165, 1.54) is 23.4 Å². The van der Waals surface area contributed by atoms with Crippen LogP contribution in [-0.2, 0) is 24.2 Å². The molecule has 0 unspecified atom stereocenters. The van der Waals surface area contributed by atoms with Crippen molar-refractivity contribution in [3.8, 4) is 0 Å². The summed E-state index contributed by atoms with van der Waals surface area (Å²) in [4.78, 5) is 0. The molecule has 1 aromatic heterocycles. The Morgan fingerprint density at radius 1 is 1.29 bits per heavy atom. The average Bonchev–Trinajstić information content (AvgIpc) is 2.88. The summed E-state index contributed by atoms with van der Waals surface area (Å²) in [6.07, 6.45) is 2.82. The molecule has 5 heteroatoms. The first-order chi connectivity index (χ1) is 10.2. The van der Waals surface area contributed by atoms with Crippen LogP contribution in [0.5, 0.6) is 0 Å². The van der Waals surface area contributed by atoms with Gasteiger partial charge in [-0.05, 0) is 24.1 Å². The number of nitrogens with zero attached hydrogens (tertiary/aromatic N) is 2. The van der Waals surface area contributed by atoms with Crippen molar-refractivity contribution in [1.82, 2.24) is 15.1 Å². The van der Waals surface area contributed by atoms with E-state index in [0.717, 1.165) is 25.1 Å². The van der Waals surface area contributed by atoms with Crippen molar-refractivity contribution >= 4 is 0 Å². The number of hydrogen-bond acceptors (Lipinski definition) is 3. The maximum Gasteiger partial charge on any atom is 0.123 e. The van der Waals surface area contributed by atoms with Gasteiger partial charge in [-0.1, -0.05) is 19.1 Å². The van der Waals surface area contributed by atoms with Crippen LogP contribution in [0.3, 0.4) is 0 Å². The molecule has 0 saturated carbocycles. The zero-order valence-electron chi connectivity index (χ0n) is 12.6. The highest BCUT2D eigenvalue weighted by atomic mass is 19.1. The van der Waals surface area contributed by atoms with Crippen LogP contribution in [-0.4, -0.2) is 30.0 Å². The minimum Gasteiger partial charge on any atom is -0.383 e. The standard InChI is InChI=1S/C16H22FN3O/c1-3-16-14(10-18-8-9-21-2)11-19-20(16)12-13-4-6-15(17)7-5-13/h4-7,11,18H,3,8-10,12H2,1-2H3. The monoisotopic (exact) mass is 291 g/mol. The molecule has 1 N–H and O–H groups in total. The van der Waals surface area contributed by atoms with E-state index in [1.807, 2.05) is 10.9 Å². The Bertz CT molecular complexity index is 551. The van der Waals surface area contributed by atoms with Crippen molar-refractivity contribution in [3.05, 3.63) is 53.1 Å². The highest BCUT2D eigenvalue weighted by molar-refractivity contribution is 5.21. The fraction of sp³-hybridized carbons (Fsp3) is 0.438. The van der Waals surface area contributed by atoms with Gasteiger partial charge in [-0.3, -0.25) is 4.68 Å². The molecular weight excluding hydrogens is 269 g/mol. The molecule has 0 saturated heterocycles. The quantitative estimate of drug-likeness (QED) is 0.759. The number of nitrogens with one attached hydrogen (secondary N) is 1. The predicted octanol–water partition coefficient (Wildman–Crippen LogP) is 2.37. The highest BCUT2D eigenvalue weighted by Gasteiger charge is 2.09. The van der Waals surface area contributed by atoms with Gasteiger partial charge in [0.2, 0.25) is 0 Å². The fourth-order valence-electron chi connectivity index (χ4n) is 2.30. The van der Waals surface area contributed by atoms with Crippen LogP contribution in [0.1, 0.15) is 23.7 Å². The van der Waals surface area contributed by atoms with E-state index in [-0.39, 0.29) is 5.82 Å². The van der Waals surface area contributed by atoms with Crippen molar-refractivity contribution in [2.24, 2.45) is 0 Å². The van der Waals surface area contributed by atoms with Gasteiger partial charge in [-0.25, -0.2) is 4.39 Å². The molecule has 0 amide bonds. The van der Waals surface area contributed by atoms with Crippen LogP contribution in [0, 0.1) is 5.82 Å². The lowest BCUT2D eigenvalue weighted by atomic mass is 10.2. The number of hydrogen-bond donors (Lipinski definition) is 1. The van der Waals surface area contributed by atoms with E-state index >= 15 is 0 Å². The van der Waals surface area contributed by atoms with E-state index in [2.05, 4.69) is 17.3 Å². The third-order valence-corrected chi connectivity index (χ3v) is 3.41. The van der Waals surface area contributed by atoms with E-state index in [1.54, 1.807) is 19.2 Å². The Balaban J connectivity index is 2.02. The van der Waals surface area contributed by atoms with Gasteiger partial charge in [0, 0.05) is 31.5 Å². The molecule has 4 nitrogen and oxygen atoms in total. The molecule has 2 aromatic rings. The molecule has 1 heterocycles. The summed E-state index contributed by atoms with van der Waals surface area (Å²) in [6, 6.07) is 6.56. The van der Waals surface area contributed by atoms with Gasteiger partial charge in [0.25, 0.3) is 0 Å². The average molecular weight is 291 g/mol. The van der Waals surface area contributed by atoms with Gasteiger partial charge in [-0.2, -0.15) is 5.10 Å². The molecule has 2 rings (SSSR count). The van der Waals surface area contributed by atoms with E-state index in [9.17, 15) is 4.39 Å². The molecule has 0 bridgehead atoms. The smallest absolute Gasteiger partial charge is 0.123 e. The Morgan fingerprint density at radius 2 is 2.05 bits per heavy atom. The van der Waals surface area contributed by atoms with Gasteiger partial charge in [-0.15, -0.1) is 0 Å². The first-order valence-electron chi connectivity index (χ1n) is 7.22. The molecule has 0 fully saturated rings. The number of halogens is 1. The van der Waals surface area contributed by atoms with Crippen molar-refractivity contribution in [2.75, 3.05) is 20.3 Å². The first-order valence-corrected chi connectivity index (χ1v) is 7.22. The molecule has 21 heavy (non-hydrogen) atoms. The predicted molar refractivity (Wildman–Crippen MR) is 80.7 cm³/mol. The SMILES string of the molecule is CCc1c(CNCCOC)cnn1Cc1ccc(F)cc1. The molecule has 1 aromatic carbocycles. The van der Waals surface area contributed by atoms with Gasteiger partial charge in [0.15, 0.2) is 0 Å². The normalized spacial score (nSPS) is 11.0. The second-order valence-corrected chi connectivity index (χ2v) is 4.92. The minimum atomic E-state index is -0.210. The van der Waals surface area contributed by atoms with Crippen LogP contribution in [0.25, 0.3) is 0 Å². The van der Waals surface area contributed by atoms with Crippen molar-refractivity contribution < 1.29 is 9.13 Å². The van der Waals surface area contributed by atoms with Crippen molar-refractivity contribution in [1.29, 1.82) is 0 Å². The Hall–Kier alpha value is -1.72. The summed E-state index contributed by atoms with van der Waals surface area (Å²) in [7, 11) is 1.69. The lowest BCUT2D eigenvalue weighted by molar-refractivity contribution is 0.199. The van der Waals surface area contributed by atoms with Gasteiger partial charge >= 0.3 is 0 Å². The minimum absolute atomic E-state index is 0.210. The number of rotatable bonds is 8. The zero-order valence-corrected chi connectivity index (χ0v) is 12.6. The molecule has 0 aliphatic carbocycles. The van der Waals surface area contributed by atoms with E-state index in [0.29, 0.717) is 13.2 Å². The Kier molecular flexibility index (Phi) is 5.90. The first kappa shape index (κ1) is 15.7. The molecular formula is C16H22FN3O. The molecule has 0 aliphatic heterocycles. The summed E-state index contributed by atoms with van der Waals surface area (Å²) >= 11 is 0. The van der Waals surface area contributed by atoms with E-state index < -0.39 is 0 Å². The van der Waals surface area contributed by atoms with Crippen molar-refractivity contribution in [2.45, 2.75) is 26.4 Å². The van der Waals surface area contributed by atoms with E-state index in [4.69, 9.17) is 4.74 Å². The highest BCUT2D eigenvalue weighted by Crippen LogP contribution is 2.12. The second-order valence-electron chi connectivity index (χ2n) is 4.92. The van der Waals surface area contributed by atoms with Gasteiger partial charge < -0.3 is 10.1 Å². The number of methoxy groups -OCH3 is 1. The molecule has 0 aliphatic rings. The summed E-state index contributed by atoms with van der Waals surface area (Å²) in [6.45, 7) is 5.10. The summed E-state index contributed by atoms with van der Waals surface area (Å²) in [5, 5.41) is 7.79.